The largest absolute Gasteiger partial charge is 0.463 e. The molecule has 2 unspecified atom stereocenters. The summed E-state index contributed by atoms with van der Waals surface area (Å²) >= 11 is 4.09. The maximum Gasteiger partial charge on any atom is 0.377 e. The molecule has 3 rings (SSSR count). The number of hydrogen-bond donors (Lipinski definition) is 2. The topological polar surface area (TPSA) is 173 Å². The number of hydrogen-bond acceptors (Lipinski definition) is 15. The molecule has 0 bridgehead atoms. The van der Waals surface area contributed by atoms with Crippen LogP contribution < -0.4 is 11.5 Å². The third-order valence-corrected chi connectivity index (χ3v) is 7.48. The van der Waals surface area contributed by atoms with E-state index in [1.165, 1.54) is 0 Å². The van der Waals surface area contributed by atoms with Gasteiger partial charge in [0.25, 0.3) is 5.78 Å². The van der Waals surface area contributed by atoms with Crippen LogP contribution in [-0.2, 0) is 23.9 Å². The summed E-state index contributed by atoms with van der Waals surface area (Å²) in [6, 6.07) is 0. The van der Waals surface area contributed by atoms with E-state index in [0.717, 1.165) is 46.2 Å². The highest BCUT2D eigenvalue weighted by Gasteiger charge is 2.62. The number of esters is 2. The number of ether oxygens (including phenoxy) is 2. The van der Waals surface area contributed by atoms with Gasteiger partial charge in [-0.05, 0) is 6.92 Å². The Kier molecular flexibility index (Phi) is 5.83. The van der Waals surface area contributed by atoms with Gasteiger partial charge in [-0.2, -0.15) is 0 Å². The number of nitrogens with zero attached hydrogens (tertiary/aromatic N) is 4. The van der Waals surface area contributed by atoms with Crippen molar-refractivity contribution >= 4 is 74.2 Å². The summed E-state index contributed by atoms with van der Waals surface area (Å²) in [5, 5.41) is 14.3. The Morgan fingerprint density at radius 3 is 2.37 bits per heavy atom. The van der Waals surface area contributed by atoms with Crippen molar-refractivity contribution in [2.45, 2.75) is 26.5 Å². The second-order valence-electron chi connectivity index (χ2n) is 4.96. The first-order valence-corrected chi connectivity index (χ1v) is 10.8. The van der Waals surface area contributed by atoms with Crippen LogP contribution in [0.25, 0.3) is 0 Å². The maximum absolute atomic E-state index is 12.7. The van der Waals surface area contributed by atoms with Crippen molar-refractivity contribution in [3.63, 3.8) is 0 Å². The summed E-state index contributed by atoms with van der Waals surface area (Å²) in [6.07, 6.45) is 0. The standard InChI is InChI=1S/C12H12N6O5S4/c1-2-22-7(21)12(3-24-10-17-15-8(13)26-10)5(4(19)6(20)23-12)25-11-18-16-9(14)27-11/h5H,2-3H2,1H3,(H2,13,15)(H2,14,16). The van der Waals surface area contributed by atoms with E-state index in [4.69, 9.17) is 20.9 Å². The Labute approximate surface area is 168 Å². The SMILES string of the molecule is CCOC(=O)C1(CSc2nnc(N)s2)OC(=O)C(=O)C1Sc1nnc(N)s1. The lowest BCUT2D eigenvalue weighted by molar-refractivity contribution is -0.171. The van der Waals surface area contributed by atoms with Crippen LogP contribution in [-0.4, -0.2) is 61.3 Å². The van der Waals surface area contributed by atoms with Crippen LogP contribution in [0.4, 0.5) is 10.3 Å². The smallest absolute Gasteiger partial charge is 0.377 e. The van der Waals surface area contributed by atoms with Crippen LogP contribution in [0.3, 0.4) is 0 Å². The van der Waals surface area contributed by atoms with Gasteiger partial charge in [-0.3, -0.25) is 4.79 Å². The van der Waals surface area contributed by atoms with Crippen LogP contribution in [0, 0.1) is 0 Å². The van der Waals surface area contributed by atoms with E-state index in [2.05, 4.69) is 20.4 Å². The minimum Gasteiger partial charge on any atom is -0.463 e. The van der Waals surface area contributed by atoms with Crippen LogP contribution >= 0.6 is 46.2 Å². The minimum atomic E-state index is -1.85. The Balaban J connectivity index is 1.92. The number of carbonyl (C=O) groups is 3. The molecule has 2 aromatic rings. The van der Waals surface area contributed by atoms with Gasteiger partial charge in [-0.15, -0.1) is 20.4 Å². The Morgan fingerprint density at radius 1 is 1.19 bits per heavy atom. The highest BCUT2D eigenvalue weighted by molar-refractivity contribution is 8.03. The average Bonchev–Trinajstić information content (AvgIpc) is 3.29. The first kappa shape index (κ1) is 19.8. The van der Waals surface area contributed by atoms with Gasteiger partial charge < -0.3 is 20.9 Å². The minimum absolute atomic E-state index is 0.0475. The second-order valence-corrected chi connectivity index (χ2v) is 9.56. The zero-order chi connectivity index (χ0) is 19.6. The molecule has 0 spiro atoms. The molecule has 0 amide bonds. The lowest BCUT2D eigenvalue weighted by Gasteiger charge is -2.28. The summed E-state index contributed by atoms with van der Waals surface area (Å²) in [7, 11) is 0. The Morgan fingerprint density at radius 2 is 1.81 bits per heavy atom. The number of nitrogens with two attached hydrogens (primary N) is 2. The van der Waals surface area contributed by atoms with Crippen molar-refractivity contribution < 1.29 is 23.9 Å². The van der Waals surface area contributed by atoms with Crippen molar-refractivity contribution in [3.8, 4) is 0 Å². The van der Waals surface area contributed by atoms with Crippen LogP contribution in [0.15, 0.2) is 8.68 Å². The molecular weight excluding hydrogens is 436 g/mol. The predicted molar refractivity (Wildman–Crippen MR) is 99.5 cm³/mol. The van der Waals surface area contributed by atoms with E-state index in [1.807, 2.05) is 0 Å². The van der Waals surface area contributed by atoms with E-state index >= 15 is 0 Å². The number of aromatic nitrogens is 4. The molecule has 2 atom stereocenters. The summed E-state index contributed by atoms with van der Waals surface area (Å²) in [5.41, 5.74) is 9.26. The highest BCUT2D eigenvalue weighted by Crippen LogP contribution is 2.43. The van der Waals surface area contributed by atoms with Crippen LogP contribution in [0.2, 0.25) is 0 Å². The van der Waals surface area contributed by atoms with E-state index < -0.39 is 28.6 Å². The second kappa shape index (κ2) is 7.95. The molecule has 1 aliphatic rings. The molecule has 3 heterocycles. The van der Waals surface area contributed by atoms with Crippen LogP contribution in [0.1, 0.15) is 6.92 Å². The molecule has 15 heteroatoms. The molecule has 1 aliphatic heterocycles. The summed E-state index contributed by atoms with van der Waals surface area (Å²) in [5.74, 6) is -2.91. The average molecular weight is 449 g/mol. The van der Waals surface area contributed by atoms with Gasteiger partial charge in [0, 0.05) is 0 Å². The molecule has 0 radical (unpaired) electrons. The zero-order valence-corrected chi connectivity index (χ0v) is 16.9. The van der Waals surface area contributed by atoms with Gasteiger partial charge in [-0.25, -0.2) is 9.59 Å². The Bertz CT molecular complexity index is 887. The monoisotopic (exact) mass is 448 g/mol. The van der Waals surface area contributed by atoms with Crippen molar-refractivity contribution in [1.82, 2.24) is 20.4 Å². The summed E-state index contributed by atoms with van der Waals surface area (Å²) < 4.78 is 11.1. The lowest BCUT2D eigenvalue weighted by Crippen LogP contribution is -2.50. The van der Waals surface area contributed by atoms with Gasteiger partial charge in [0.2, 0.25) is 15.9 Å². The first-order chi connectivity index (χ1) is 12.9. The molecule has 0 aromatic carbocycles. The first-order valence-electron chi connectivity index (χ1n) is 7.27. The summed E-state index contributed by atoms with van der Waals surface area (Å²) in [6.45, 7) is 1.66. The van der Waals surface area contributed by atoms with E-state index in [1.54, 1.807) is 6.92 Å². The molecule has 1 fully saturated rings. The quantitative estimate of drug-likeness (QED) is 0.335. The summed E-state index contributed by atoms with van der Waals surface area (Å²) in [4.78, 5) is 37.1. The van der Waals surface area contributed by atoms with Gasteiger partial charge in [0.15, 0.2) is 8.68 Å². The molecule has 4 N–H and O–H groups in total. The zero-order valence-electron chi connectivity index (χ0n) is 13.6. The van der Waals surface area contributed by atoms with Gasteiger partial charge in [0.05, 0.1) is 12.4 Å². The van der Waals surface area contributed by atoms with Gasteiger partial charge in [-0.1, -0.05) is 46.2 Å². The van der Waals surface area contributed by atoms with Crippen molar-refractivity contribution in [3.05, 3.63) is 0 Å². The number of nitrogen functional groups attached to an aromatic ring is 2. The molecule has 0 saturated carbocycles. The molecule has 144 valence electrons. The third kappa shape index (κ3) is 3.99. The molecule has 1 saturated heterocycles. The molecule has 2 aromatic heterocycles. The lowest BCUT2D eigenvalue weighted by atomic mass is 10.0. The fraction of sp³-hybridized carbons (Fsp3) is 0.417. The Hall–Kier alpha value is -1.97. The molecular formula is C12H12N6O5S4. The number of carbonyl (C=O) groups excluding carboxylic acids is 3. The van der Waals surface area contributed by atoms with E-state index in [9.17, 15) is 14.4 Å². The molecule has 0 aliphatic carbocycles. The number of anilines is 2. The molecule has 27 heavy (non-hydrogen) atoms. The number of ketones is 1. The van der Waals surface area contributed by atoms with Crippen LogP contribution in [0.5, 0.6) is 0 Å². The van der Waals surface area contributed by atoms with E-state index in [-0.39, 0.29) is 22.6 Å². The van der Waals surface area contributed by atoms with Crippen molar-refractivity contribution in [1.29, 1.82) is 0 Å². The maximum atomic E-state index is 12.7. The van der Waals surface area contributed by atoms with E-state index in [0.29, 0.717) is 8.68 Å². The fourth-order valence-corrected chi connectivity index (χ4v) is 6.01. The third-order valence-electron chi connectivity index (χ3n) is 3.23. The predicted octanol–water partition coefficient (Wildman–Crippen LogP) is 0.235. The number of rotatable bonds is 7. The van der Waals surface area contributed by atoms with Crippen molar-refractivity contribution in [2.24, 2.45) is 0 Å². The molecule has 11 nitrogen and oxygen atoms in total. The van der Waals surface area contributed by atoms with Crippen molar-refractivity contribution in [2.75, 3.05) is 23.8 Å². The van der Waals surface area contributed by atoms with Gasteiger partial charge in [0.1, 0.15) is 5.25 Å². The number of Topliss-reactive ketones (excluding diaryl/α,β-unsaturated/α-hetero) is 1. The normalized spacial score (nSPS) is 22.0. The van der Waals surface area contributed by atoms with Gasteiger partial charge >= 0.3 is 11.9 Å². The number of cyclic esters (lactones) is 1. The fourth-order valence-electron chi connectivity index (χ4n) is 2.12. The number of thioether (sulfide) groups is 2. The highest BCUT2D eigenvalue weighted by atomic mass is 32.2.